The zero-order chi connectivity index (χ0) is 11.6. The predicted molar refractivity (Wildman–Crippen MR) is 79.7 cm³/mol. The second kappa shape index (κ2) is 5.59. The van der Waals surface area contributed by atoms with Crippen molar-refractivity contribution >= 4 is 37.9 Å². The van der Waals surface area contributed by atoms with Crippen LogP contribution in [0.25, 0.3) is 0 Å². The molecule has 0 aromatic carbocycles. The van der Waals surface area contributed by atoms with Crippen LogP contribution in [-0.4, -0.2) is 15.7 Å². The van der Waals surface area contributed by atoms with Gasteiger partial charge in [-0.2, -0.15) is 37.9 Å². The van der Waals surface area contributed by atoms with Gasteiger partial charge in [-0.3, -0.25) is 0 Å². The standard InChI is InChI=1S/C12H24S3/c1-8(13)11-6-4-5-7-12(11,9(2)14)10(3)15/h8-11,13-15H,4-7H2,1-3H3. The molecule has 0 aromatic rings. The summed E-state index contributed by atoms with van der Waals surface area (Å²) in [5.74, 6) is 0.662. The Balaban J connectivity index is 2.99. The molecular formula is C12H24S3. The summed E-state index contributed by atoms with van der Waals surface area (Å²) in [4.78, 5) is 0. The van der Waals surface area contributed by atoms with Crippen LogP contribution in [0.15, 0.2) is 0 Å². The van der Waals surface area contributed by atoms with Crippen molar-refractivity contribution in [3.05, 3.63) is 0 Å². The van der Waals surface area contributed by atoms with Crippen LogP contribution in [0.4, 0.5) is 0 Å². The summed E-state index contributed by atoms with van der Waals surface area (Å²) in [6.07, 6.45) is 5.23. The van der Waals surface area contributed by atoms with Crippen molar-refractivity contribution in [2.75, 3.05) is 0 Å². The van der Waals surface area contributed by atoms with Gasteiger partial charge in [0.1, 0.15) is 0 Å². The maximum Gasteiger partial charge on any atom is 0.00584 e. The van der Waals surface area contributed by atoms with E-state index in [1.54, 1.807) is 0 Å². The lowest BCUT2D eigenvalue weighted by Crippen LogP contribution is -2.49. The second-order valence-electron chi connectivity index (χ2n) is 5.06. The molecule has 0 heterocycles. The van der Waals surface area contributed by atoms with E-state index in [1.165, 1.54) is 25.7 Å². The molecule has 0 aromatic heterocycles. The topological polar surface area (TPSA) is 0 Å². The summed E-state index contributed by atoms with van der Waals surface area (Å²) in [5.41, 5.74) is 0.269. The zero-order valence-corrected chi connectivity index (χ0v) is 12.7. The summed E-state index contributed by atoms with van der Waals surface area (Å²) >= 11 is 14.1. The smallest absolute Gasteiger partial charge is 0.00584 e. The number of thiol groups is 3. The molecule has 0 amide bonds. The Hall–Kier alpha value is 1.05. The largest absolute Gasteiger partial charge is 0.176 e. The fraction of sp³-hybridized carbons (Fsp3) is 1.00. The molecule has 0 spiro atoms. The fourth-order valence-electron chi connectivity index (χ4n) is 3.33. The second-order valence-corrected chi connectivity index (χ2v) is 7.42. The van der Waals surface area contributed by atoms with Crippen molar-refractivity contribution in [2.45, 2.75) is 62.2 Å². The maximum atomic E-state index is 4.74. The van der Waals surface area contributed by atoms with E-state index in [2.05, 4.69) is 33.4 Å². The molecule has 4 atom stereocenters. The highest BCUT2D eigenvalue weighted by atomic mass is 32.1. The van der Waals surface area contributed by atoms with E-state index in [9.17, 15) is 0 Å². The van der Waals surface area contributed by atoms with E-state index >= 15 is 0 Å². The van der Waals surface area contributed by atoms with Crippen LogP contribution < -0.4 is 0 Å². The minimum absolute atomic E-state index is 0.269. The van der Waals surface area contributed by atoms with E-state index in [4.69, 9.17) is 25.3 Å². The third kappa shape index (κ3) is 2.66. The van der Waals surface area contributed by atoms with Crippen molar-refractivity contribution in [3.8, 4) is 0 Å². The van der Waals surface area contributed by atoms with Gasteiger partial charge in [-0.15, -0.1) is 0 Å². The molecular weight excluding hydrogens is 240 g/mol. The lowest BCUT2D eigenvalue weighted by atomic mass is 9.61. The highest BCUT2D eigenvalue weighted by Gasteiger charge is 2.47. The Morgan fingerprint density at radius 1 is 1.00 bits per heavy atom. The Morgan fingerprint density at radius 3 is 1.87 bits per heavy atom. The quantitative estimate of drug-likeness (QED) is 0.628. The number of hydrogen-bond acceptors (Lipinski definition) is 3. The van der Waals surface area contributed by atoms with Gasteiger partial charge in [0.2, 0.25) is 0 Å². The summed E-state index contributed by atoms with van der Waals surface area (Å²) in [7, 11) is 0. The summed E-state index contributed by atoms with van der Waals surface area (Å²) in [6.45, 7) is 6.68. The molecule has 0 N–H and O–H groups in total. The Kier molecular flexibility index (Phi) is 5.26. The predicted octanol–water partition coefficient (Wildman–Crippen LogP) is 4.12. The van der Waals surface area contributed by atoms with Crippen LogP contribution in [0, 0.1) is 11.3 Å². The molecule has 4 unspecified atom stereocenters. The molecule has 1 rings (SSSR count). The highest BCUT2D eigenvalue weighted by molar-refractivity contribution is 7.82. The van der Waals surface area contributed by atoms with Gasteiger partial charge in [0.05, 0.1) is 0 Å². The van der Waals surface area contributed by atoms with Crippen LogP contribution in [0.3, 0.4) is 0 Å². The Bertz CT molecular complexity index is 191. The molecule has 0 saturated heterocycles. The Morgan fingerprint density at radius 2 is 1.53 bits per heavy atom. The first-order valence-electron chi connectivity index (χ1n) is 5.97. The SMILES string of the molecule is CC(S)C1CCCCC1(C(C)S)C(C)S. The monoisotopic (exact) mass is 264 g/mol. The lowest BCUT2D eigenvalue weighted by Gasteiger charge is -2.51. The molecule has 0 bridgehead atoms. The third-order valence-corrected chi connectivity index (χ3v) is 5.52. The first-order chi connectivity index (χ1) is 6.93. The van der Waals surface area contributed by atoms with Crippen molar-refractivity contribution in [1.29, 1.82) is 0 Å². The molecule has 1 aliphatic carbocycles. The van der Waals surface area contributed by atoms with Gasteiger partial charge in [0.25, 0.3) is 0 Å². The molecule has 90 valence electrons. The lowest BCUT2D eigenvalue weighted by molar-refractivity contribution is 0.0983. The number of hydrogen-bond donors (Lipinski definition) is 3. The summed E-state index contributed by atoms with van der Waals surface area (Å²) in [5, 5.41) is 1.27. The molecule has 0 aliphatic heterocycles. The molecule has 1 fully saturated rings. The van der Waals surface area contributed by atoms with E-state index in [-0.39, 0.29) is 5.41 Å². The van der Waals surface area contributed by atoms with E-state index in [0.717, 1.165) is 0 Å². The average Bonchev–Trinajstić information content (AvgIpc) is 2.16. The van der Waals surface area contributed by atoms with Gasteiger partial charge in [0.15, 0.2) is 0 Å². The van der Waals surface area contributed by atoms with Gasteiger partial charge >= 0.3 is 0 Å². The van der Waals surface area contributed by atoms with Gasteiger partial charge in [-0.25, -0.2) is 0 Å². The van der Waals surface area contributed by atoms with Crippen molar-refractivity contribution < 1.29 is 0 Å². The van der Waals surface area contributed by atoms with Crippen molar-refractivity contribution in [3.63, 3.8) is 0 Å². The molecule has 0 nitrogen and oxygen atoms in total. The van der Waals surface area contributed by atoms with Crippen LogP contribution >= 0.6 is 37.9 Å². The average molecular weight is 265 g/mol. The maximum absolute atomic E-state index is 4.74. The molecule has 15 heavy (non-hydrogen) atoms. The molecule has 1 saturated carbocycles. The third-order valence-electron chi connectivity index (χ3n) is 4.20. The first-order valence-corrected chi connectivity index (χ1v) is 7.52. The molecule has 0 radical (unpaired) electrons. The van der Waals surface area contributed by atoms with Crippen molar-refractivity contribution in [2.24, 2.45) is 11.3 Å². The van der Waals surface area contributed by atoms with Crippen LogP contribution in [0.5, 0.6) is 0 Å². The van der Waals surface area contributed by atoms with Crippen molar-refractivity contribution in [1.82, 2.24) is 0 Å². The molecule has 3 heteroatoms. The van der Waals surface area contributed by atoms with Gasteiger partial charge in [-0.05, 0) is 24.2 Å². The van der Waals surface area contributed by atoms with Crippen LogP contribution in [0.1, 0.15) is 46.5 Å². The summed E-state index contributed by atoms with van der Waals surface area (Å²) in [6, 6.07) is 0. The van der Waals surface area contributed by atoms with Gasteiger partial charge in [0, 0.05) is 15.7 Å². The minimum Gasteiger partial charge on any atom is -0.176 e. The number of rotatable bonds is 3. The normalized spacial score (nSPS) is 38.4. The van der Waals surface area contributed by atoms with E-state index < -0.39 is 0 Å². The van der Waals surface area contributed by atoms with E-state index in [0.29, 0.717) is 21.7 Å². The summed E-state index contributed by atoms with van der Waals surface area (Å²) < 4.78 is 0. The van der Waals surface area contributed by atoms with Gasteiger partial charge in [-0.1, -0.05) is 33.6 Å². The highest BCUT2D eigenvalue weighted by Crippen LogP contribution is 2.52. The Labute approximate surface area is 111 Å². The van der Waals surface area contributed by atoms with E-state index in [1.807, 2.05) is 0 Å². The minimum atomic E-state index is 0.269. The van der Waals surface area contributed by atoms with Gasteiger partial charge < -0.3 is 0 Å². The first kappa shape index (κ1) is 14.1. The van der Waals surface area contributed by atoms with Crippen LogP contribution in [0.2, 0.25) is 0 Å². The fourth-order valence-corrected chi connectivity index (χ4v) is 4.96. The molecule has 1 aliphatic rings. The zero-order valence-electron chi connectivity index (χ0n) is 9.98. The van der Waals surface area contributed by atoms with Crippen LogP contribution in [-0.2, 0) is 0 Å².